The summed E-state index contributed by atoms with van der Waals surface area (Å²) in [6.45, 7) is 8.64. The molecule has 0 aliphatic carbocycles. The first-order chi connectivity index (χ1) is 13.4. The summed E-state index contributed by atoms with van der Waals surface area (Å²) >= 11 is 0. The number of nitrogens with one attached hydrogen (secondary N) is 4. The molecule has 4 N–H and O–H groups in total. The molecular formula is C20H29N5O4. The summed E-state index contributed by atoms with van der Waals surface area (Å²) in [7, 11) is 3.31. The summed E-state index contributed by atoms with van der Waals surface area (Å²) < 4.78 is 11.5. The summed E-state index contributed by atoms with van der Waals surface area (Å²) in [5.41, 5.74) is 2.17. The van der Waals surface area contributed by atoms with Gasteiger partial charge in [-0.25, -0.2) is 0 Å². The predicted octanol–water partition coefficient (Wildman–Crippen LogP) is 1.76. The van der Waals surface area contributed by atoms with Crippen molar-refractivity contribution in [1.29, 1.82) is 10.8 Å². The highest BCUT2D eigenvalue weighted by molar-refractivity contribution is 6.05. The second-order valence-electron chi connectivity index (χ2n) is 7.64. The number of nitrogens with zero attached hydrogens (tertiary/aromatic N) is 1. The zero-order valence-corrected chi connectivity index (χ0v) is 18.0. The molecule has 0 fully saturated rings. The normalized spacial score (nSPS) is 17.5. The first kappa shape index (κ1) is 22.2. The average Bonchev–Trinajstić information content (AvgIpc) is 2.62. The molecule has 9 nitrogen and oxygen atoms in total. The summed E-state index contributed by atoms with van der Waals surface area (Å²) in [6, 6.07) is 0. The number of rotatable bonds is 2. The molecule has 1 amide bonds. The third-order valence-electron chi connectivity index (χ3n) is 5.15. The van der Waals surface area contributed by atoms with Crippen LogP contribution in [0.3, 0.4) is 0 Å². The molecule has 2 rings (SSSR count). The minimum absolute atomic E-state index is 0.0181. The van der Waals surface area contributed by atoms with Crippen LogP contribution in [0.4, 0.5) is 0 Å². The smallest absolute Gasteiger partial charge is 0.308 e. The Labute approximate surface area is 170 Å². The van der Waals surface area contributed by atoms with Crippen LogP contribution in [-0.4, -0.2) is 48.4 Å². The molecule has 1 aromatic carbocycles. The maximum Gasteiger partial charge on any atom is 0.308 e. The highest BCUT2D eigenvalue weighted by Gasteiger charge is 2.41. The highest BCUT2D eigenvalue weighted by atomic mass is 16.5. The average molecular weight is 403 g/mol. The van der Waals surface area contributed by atoms with E-state index in [1.807, 2.05) is 20.8 Å². The minimum Gasteiger partial charge on any atom is -0.477 e. The third-order valence-corrected chi connectivity index (χ3v) is 5.15. The molecule has 0 radical (unpaired) electrons. The SMILES string of the molecule is CC(=O)Oc1c(C)c(C)c2c(c1C)CCC(C)(C(=O)NC(=N)NC(=N)N(C)C)O2. The lowest BCUT2D eigenvalue weighted by Gasteiger charge is -2.36. The monoisotopic (exact) mass is 403 g/mol. The number of hydrogen-bond acceptors (Lipinski definition) is 6. The standard InChI is InChI=1S/C20H29N5O4/c1-10-11(2)16-14(12(3)15(10)28-13(4)26)8-9-20(5,29-16)17(27)23-18(21)24-19(22)25(6)7/h8-9H2,1-7H3,(H4,21,22,23,24,27). The van der Waals surface area contributed by atoms with Crippen LogP contribution in [0.25, 0.3) is 0 Å². The largest absolute Gasteiger partial charge is 0.477 e. The molecule has 0 aromatic heterocycles. The second kappa shape index (κ2) is 8.10. The quantitative estimate of drug-likeness (QED) is 0.258. The number of ether oxygens (including phenoxy) is 2. The fourth-order valence-corrected chi connectivity index (χ4v) is 3.20. The van der Waals surface area contributed by atoms with Gasteiger partial charge in [0.05, 0.1) is 0 Å². The number of fused-ring (bicyclic) bond motifs is 1. The molecule has 1 aromatic rings. The Morgan fingerprint density at radius 3 is 2.28 bits per heavy atom. The van der Waals surface area contributed by atoms with Gasteiger partial charge in [0.15, 0.2) is 11.6 Å². The summed E-state index contributed by atoms with van der Waals surface area (Å²) in [6.07, 6.45) is 0.960. The number of guanidine groups is 2. The second-order valence-corrected chi connectivity index (χ2v) is 7.64. The lowest BCUT2D eigenvalue weighted by atomic mass is 9.86. The molecule has 1 aliphatic heterocycles. The van der Waals surface area contributed by atoms with Crippen molar-refractivity contribution in [1.82, 2.24) is 15.5 Å². The van der Waals surface area contributed by atoms with E-state index < -0.39 is 11.5 Å². The van der Waals surface area contributed by atoms with Gasteiger partial charge in [-0.3, -0.25) is 31.0 Å². The van der Waals surface area contributed by atoms with Crippen LogP contribution in [0.5, 0.6) is 11.5 Å². The Morgan fingerprint density at radius 2 is 1.72 bits per heavy atom. The van der Waals surface area contributed by atoms with E-state index in [0.29, 0.717) is 24.3 Å². The van der Waals surface area contributed by atoms with E-state index in [1.54, 1.807) is 21.0 Å². The maximum atomic E-state index is 12.8. The maximum absolute atomic E-state index is 12.8. The number of carbonyl (C=O) groups excluding carboxylic acids is 2. The number of esters is 1. The van der Waals surface area contributed by atoms with Crippen LogP contribution in [0.1, 0.15) is 42.5 Å². The number of carbonyl (C=O) groups is 2. The van der Waals surface area contributed by atoms with Crippen LogP contribution in [0, 0.1) is 31.6 Å². The van der Waals surface area contributed by atoms with Gasteiger partial charge in [-0.05, 0) is 50.8 Å². The van der Waals surface area contributed by atoms with Gasteiger partial charge in [-0.2, -0.15) is 0 Å². The molecule has 158 valence electrons. The van der Waals surface area contributed by atoms with E-state index in [0.717, 1.165) is 22.3 Å². The summed E-state index contributed by atoms with van der Waals surface area (Å²) in [4.78, 5) is 25.8. The van der Waals surface area contributed by atoms with Gasteiger partial charge in [0.1, 0.15) is 11.5 Å². The number of hydrogen-bond donors (Lipinski definition) is 4. The Kier molecular flexibility index (Phi) is 6.20. The molecule has 1 atom stereocenters. The fraction of sp³-hybridized carbons (Fsp3) is 0.500. The van der Waals surface area contributed by atoms with E-state index >= 15 is 0 Å². The van der Waals surface area contributed by atoms with Gasteiger partial charge in [0, 0.05) is 33.0 Å². The van der Waals surface area contributed by atoms with E-state index in [1.165, 1.54) is 11.8 Å². The minimum atomic E-state index is -1.17. The van der Waals surface area contributed by atoms with E-state index in [9.17, 15) is 9.59 Å². The van der Waals surface area contributed by atoms with Crippen LogP contribution in [-0.2, 0) is 16.0 Å². The number of benzene rings is 1. The fourth-order valence-electron chi connectivity index (χ4n) is 3.20. The van der Waals surface area contributed by atoms with Gasteiger partial charge in [0.2, 0.25) is 5.96 Å². The van der Waals surface area contributed by atoms with Crippen LogP contribution in [0.2, 0.25) is 0 Å². The third kappa shape index (κ3) is 4.49. The molecule has 0 spiro atoms. The van der Waals surface area contributed by atoms with Crippen molar-refractivity contribution in [2.75, 3.05) is 14.1 Å². The Morgan fingerprint density at radius 1 is 1.10 bits per heavy atom. The molecule has 9 heteroatoms. The Bertz CT molecular complexity index is 894. The van der Waals surface area contributed by atoms with E-state index in [-0.39, 0.29) is 17.9 Å². The highest BCUT2D eigenvalue weighted by Crippen LogP contribution is 2.43. The summed E-state index contributed by atoms with van der Waals surface area (Å²) in [5, 5.41) is 20.6. The molecule has 0 saturated carbocycles. The van der Waals surface area contributed by atoms with Crippen molar-refractivity contribution in [3.05, 3.63) is 22.3 Å². The van der Waals surface area contributed by atoms with Crippen molar-refractivity contribution < 1.29 is 19.1 Å². The molecule has 1 heterocycles. The van der Waals surface area contributed by atoms with Gasteiger partial charge in [0.25, 0.3) is 5.91 Å². The van der Waals surface area contributed by atoms with Crippen molar-refractivity contribution >= 4 is 23.8 Å². The van der Waals surface area contributed by atoms with Crippen molar-refractivity contribution in [2.24, 2.45) is 0 Å². The van der Waals surface area contributed by atoms with Gasteiger partial charge < -0.3 is 14.4 Å². The van der Waals surface area contributed by atoms with Crippen LogP contribution >= 0.6 is 0 Å². The van der Waals surface area contributed by atoms with Gasteiger partial charge >= 0.3 is 5.97 Å². The van der Waals surface area contributed by atoms with Crippen LogP contribution < -0.4 is 20.1 Å². The Hall–Kier alpha value is -3.10. The van der Waals surface area contributed by atoms with Crippen molar-refractivity contribution in [3.63, 3.8) is 0 Å². The van der Waals surface area contributed by atoms with Crippen molar-refractivity contribution in [2.45, 2.75) is 53.1 Å². The van der Waals surface area contributed by atoms with E-state index in [4.69, 9.17) is 20.3 Å². The zero-order valence-electron chi connectivity index (χ0n) is 18.0. The Balaban J connectivity index is 2.27. The first-order valence-corrected chi connectivity index (χ1v) is 9.30. The molecule has 0 saturated heterocycles. The molecule has 0 bridgehead atoms. The topological polar surface area (TPSA) is 128 Å². The number of amides is 1. The first-order valence-electron chi connectivity index (χ1n) is 9.30. The van der Waals surface area contributed by atoms with Gasteiger partial charge in [-0.15, -0.1) is 0 Å². The predicted molar refractivity (Wildman–Crippen MR) is 110 cm³/mol. The molecular weight excluding hydrogens is 374 g/mol. The molecule has 1 aliphatic rings. The van der Waals surface area contributed by atoms with E-state index in [2.05, 4.69) is 10.6 Å². The van der Waals surface area contributed by atoms with Crippen molar-refractivity contribution in [3.8, 4) is 11.5 Å². The zero-order chi connectivity index (χ0) is 22.1. The molecule has 1 unspecified atom stereocenters. The van der Waals surface area contributed by atoms with Crippen LogP contribution in [0.15, 0.2) is 0 Å². The lowest BCUT2D eigenvalue weighted by Crippen LogP contribution is -2.56. The molecule has 29 heavy (non-hydrogen) atoms. The lowest BCUT2D eigenvalue weighted by molar-refractivity contribution is -0.135. The van der Waals surface area contributed by atoms with Gasteiger partial charge in [-0.1, -0.05) is 0 Å². The summed E-state index contributed by atoms with van der Waals surface area (Å²) in [5.74, 6) is -0.00949.